The smallest absolute Gasteiger partial charge is 0.245 e. The molecule has 2 aromatic carbocycles. The number of hydrogen-bond donors (Lipinski definition) is 2. The van der Waals surface area contributed by atoms with Gasteiger partial charge < -0.3 is 5.73 Å². The lowest BCUT2D eigenvalue weighted by Gasteiger charge is -2.10. The lowest BCUT2D eigenvalue weighted by Crippen LogP contribution is -2.25. The molecule has 106 valence electrons. The Labute approximate surface area is 121 Å². The molecule has 0 aliphatic heterocycles. The molecule has 0 bridgehead atoms. The van der Waals surface area contributed by atoms with E-state index in [0.29, 0.717) is 10.6 Å². The number of rotatable bonds is 4. The summed E-state index contributed by atoms with van der Waals surface area (Å²) in [5, 5.41) is 0.428. The van der Waals surface area contributed by atoms with E-state index in [0.717, 1.165) is 6.07 Å². The zero-order valence-corrected chi connectivity index (χ0v) is 11.9. The molecule has 0 fully saturated rings. The molecule has 0 aromatic heterocycles. The molecule has 0 unspecified atom stereocenters. The van der Waals surface area contributed by atoms with Gasteiger partial charge in [-0.25, -0.2) is 17.5 Å². The van der Waals surface area contributed by atoms with E-state index in [1.54, 1.807) is 24.3 Å². The SMILES string of the molecule is Nc1cccc(F)c1S(=O)(=O)NCc1ccccc1Cl. The third-order valence-corrected chi connectivity index (χ3v) is 4.54. The maximum atomic E-state index is 13.6. The Bertz CT molecular complexity index is 715. The Morgan fingerprint density at radius 2 is 1.85 bits per heavy atom. The largest absolute Gasteiger partial charge is 0.398 e. The molecule has 0 heterocycles. The summed E-state index contributed by atoms with van der Waals surface area (Å²) in [4.78, 5) is -0.549. The monoisotopic (exact) mass is 314 g/mol. The average Bonchev–Trinajstić information content (AvgIpc) is 2.37. The summed E-state index contributed by atoms with van der Waals surface area (Å²) in [5.74, 6) is -0.892. The van der Waals surface area contributed by atoms with Crippen molar-refractivity contribution in [3.05, 3.63) is 58.9 Å². The summed E-state index contributed by atoms with van der Waals surface area (Å²) in [6.07, 6.45) is 0. The maximum absolute atomic E-state index is 13.6. The minimum atomic E-state index is -4.05. The highest BCUT2D eigenvalue weighted by Gasteiger charge is 2.22. The third kappa shape index (κ3) is 3.09. The van der Waals surface area contributed by atoms with E-state index in [1.807, 2.05) is 0 Å². The molecule has 20 heavy (non-hydrogen) atoms. The van der Waals surface area contributed by atoms with Crippen molar-refractivity contribution in [3.63, 3.8) is 0 Å². The van der Waals surface area contributed by atoms with Gasteiger partial charge in [-0.05, 0) is 23.8 Å². The van der Waals surface area contributed by atoms with Crippen LogP contribution >= 0.6 is 11.6 Å². The highest BCUT2D eigenvalue weighted by molar-refractivity contribution is 7.89. The van der Waals surface area contributed by atoms with Crippen molar-refractivity contribution in [3.8, 4) is 0 Å². The Kier molecular flexibility index (Phi) is 4.27. The normalized spacial score (nSPS) is 11.5. The fraction of sp³-hybridized carbons (Fsp3) is 0.0769. The van der Waals surface area contributed by atoms with E-state index >= 15 is 0 Å². The van der Waals surface area contributed by atoms with Crippen LogP contribution in [0.5, 0.6) is 0 Å². The first-order valence-corrected chi connectivity index (χ1v) is 7.55. The number of nitrogens with two attached hydrogens (primary N) is 1. The van der Waals surface area contributed by atoms with Crippen LogP contribution < -0.4 is 10.5 Å². The zero-order chi connectivity index (χ0) is 14.8. The molecule has 0 atom stereocenters. The minimum Gasteiger partial charge on any atom is -0.398 e. The maximum Gasteiger partial charge on any atom is 0.245 e. The molecule has 0 radical (unpaired) electrons. The van der Waals surface area contributed by atoms with Gasteiger partial charge in [0.05, 0.1) is 5.69 Å². The second-order valence-electron chi connectivity index (χ2n) is 4.07. The van der Waals surface area contributed by atoms with Crippen molar-refractivity contribution in [1.82, 2.24) is 4.72 Å². The van der Waals surface area contributed by atoms with E-state index in [2.05, 4.69) is 4.72 Å². The average molecular weight is 315 g/mol. The zero-order valence-electron chi connectivity index (χ0n) is 10.3. The summed E-state index contributed by atoms with van der Waals surface area (Å²) < 4.78 is 40.1. The first kappa shape index (κ1) is 14.8. The molecule has 7 heteroatoms. The number of sulfonamides is 1. The van der Waals surface area contributed by atoms with Gasteiger partial charge in [0.1, 0.15) is 10.7 Å². The number of nitrogens with one attached hydrogen (secondary N) is 1. The Balaban J connectivity index is 2.27. The number of anilines is 1. The summed E-state index contributed by atoms with van der Waals surface area (Å²) in [6, 6.07) is 10.5. The van der Waals surface area contributed by atoms with Crippen molar-refractivity contribution in [1.29, 1.82) is 0 Å². The predicted octanol–water partition coefficient (Wildman–Crippen LogP) is 2.54. The molecule has 0 aliphatic carbocycles. The summed E-state index contributed by atoms with van der Waals surface area (Å²) in [7, 11) is -4.05. The van der Waals surface area contributed by atoms with Crippen molar-refractivity contribution >= 4 is 27.3 Å². The van der Waals surface area contributed by atoms with Crippen LogP contribution in [0.4, 0.5) is 10.1 Å². The van der Waals surface area contributed by atoms with Crippen LogP contribution in [0.1, 0.15) is 5.56 Å². The molecule has 0 amide bonds. The highest BCUT2D eigenvalue weighted by atomic mass is 35.5. The summed E-state index contributed by atoms with van der Waals surface area (Å²) in [6.45, 7) is -0.0459. The van der Waals surface area contributed by atoms with Crippen molar-refractivity contribution < 1.29 is 12.8 Å². The van der Waals surface area contributed by atoms with Gasteiger partial charge in [0.15, 0.2) is 0 Å². The Morgan fingerprint density at radius 1 is 1.15 bits per heavy atom. The fourth-order valence-electron chi connectivity index (χ4n) is 1.70. The van der Waals surface area contributed by atoms with Gasteiger partial charge >= 0.3 is 0 Å². The standard InChI is InChI=1S/C13H12ClFN2O2S/c14-10-5-2-1-4-9(10)8-17-20(18,19)13-11(15)6-3-7-12(13)16/h1-7,17H,8,16H2. The van der Waals surface area contributed by atoms with Gasteiger partial charge in [-0.2, -0.15) is 0 Å². The molecule has 0 saturated heterocycles. The number of halogens is 2. The summed E-state index contributed by atoms with van der Waals surface area (Å²) in [5.41, 5.74) is 5.97. The Morgan fingerprint density at radius 3 is 2.50 bits per heavy atom. The van der Waals surface area contributed by atoms with Crippen LogP contribution in [0.15, 0.2) is 47.4 Å². The van der Waals surface area contributed by atoms with E-state index < -0.39 is 20.7 Å². The van der Waals surface area contributed by atoms with Crippen LogP contribution in [-0.2, 0) is 16.6 Å². The molecule has 2 aromatic rings. The van der Waals surface area contributed by atoms with Gasteiger partial charge in [-0.1, -0.05) is 35.9 Å². The van der Waals surface area contributed by atoms with E-state index in [-0.39, 0.29) is 12.2 Å². The molecule has 0 aliphatic rings. The van der Waals surface area contributed by atoms with Gasteiger partial charge in [-0.15, -0.1) is 0 Å². The lowest BCUT2D eigenvalue weighted by molar-refractivity contribution is 0.558. The van der Waals surface area contributed by atoms with E-state index in [1.165, 1.54) is 12.1 Å². The van der Waals surface area contributed by atoms with Crippen LogP contribution in [0.25, 0.3) is 0 Å². The van der Waals surface area contributed by atoms with Crippen LogP contribution in [0, 0.1) is 5.82 Å². The Hall–Kier alpha value is -1.63. The number of hydrogen-bond acceptors (Lipinski definition) is 3. The van der Waals surface area contributed by atoms with Gasteiger partial charge in [0.2, 0.25) is 10.0 Å². The van der Waals surface area contributed by atoms with Crippen molar-refractivity contribution in [2.75, 3.05) is 5.73 Å². The molecule has 3 N–H and O–H groups in total. The second kappa shape index (κ2) is 5.78. The second-order valence-corrected chi connectivity index (χ2v) is 6.19. The molecule has 2 rings (SSSR count). The van der Waals surface area contributed by atoms with Crippen LogP contribution in [0.2, 0.25) is 5.02 Å². The molecular weight excluding hydrogens is 303 g/mol. The van der Waals surface area contributed by atoms with Gasteiger partial charge in [0, 0.05) is 11.6 Å². The molecular formula is C13H12ClFN2O2S. The van der Waals surface area contributed by atoms with E-state index in [4.69, 9.17) is 17.3 Å². The molecule has 0 spiro atoms. The van der Waals surface area contributed by atoms with Gasteiger partial charge in [-0.3, -0.25) is 0 Å². The first-order valence-electron chi connectivity index (χ1n) is 5.69. The van der Waals surface area contributed by atoms with Crippen molar-refractivity contribution in [2.45, 2.75) is 11.4 Å². The lowest BCUT2D eigenvalue weighted by atomic mass is 10.2. The van der Waals surface area contributed by atoms with Crippen LogP contribution in [-0.4, -0.2) is 8.42 Å². The topological polar surface area (TPSA) is 72.2 Å². The highest BCUT2D eigenvalue weighted by Crippen LogP contribution is 2.22. The summed E-state index contributed by atoms with van der Waals surface area (Å²) >= 11 is 5.93. The van der Waals surface area contributed by atoms with E-state index in [9.17, 15) is 12.8 Å². The fourth-order valence-corrected chi connectivity index (χ4v) is 3.09. The minimum absolute atomic E-state index is 0.0459. The van der Waals surface area contributed by atoms with Crippen LogP contribution in [0.3, 0.4) is 0 Å². The quantitative estimate of drug-likeness (QED) is 0.852. The first-order chi connectivity index (χ1) is 9.42. The number of benzene rings is 2. The molecule has 4 nitrogen and oxygen atoms in total. The third-order valence-electron chi connectivity index (χ3n) is 2.68. The van der Waals surface area contributed by atoms with Crippen molar-refractivity contribution in [2.24, 2.45) is 0 Å². The number of nitrogen functional groups attached to an aromatic ring is 1. The van der Waals surface area contributed by atoms with Gasteiger partial charge in [0.25, 0.3) is 0 Å². The predicted molar refractivity (Wildman–Crippen MR) is 76.3 cm³/mol. The molecule has 0 saturated carbocycles.